The van der Waals surface area contributed by atoms with E-state index in [4.69, 9.17) is 4.74 Å². The second-order valence-corrected chi connectivity index (χ2v) is 10.3. The lowest BCUT2D eigenvalue weighted by molar-refractivity contribution is -0.148. The zero-order valence-electron chi connectivity index (χ0n) is 18.8. The van der Waals surface area contributed by atoms with Crippen molar-refractivity contribution in [3.63, 3.8) is 0 Å². The zero-order chi connectivity index (χ0) is 23.7. The number of aliphatic carboxylic acids is 1. The van der Waals surface area contributed by atoms with Crippen LogP contribution in [0.5, 0.6) is 0 Å². The fraction of sp³-hybridized carbons (Fsp3) is 0.423. The topological polar surface area (TPSA) is 95.9 Å². The maximum atomic E-state index is 12.6. The Morgan fingerprint density at radius 2 is 1.71 bits per heavy atom. The number of fused-ring (bicyclic) bond motifs is 3. The Morgan fingerprint density at radius 3 is 2.38 bits per heavy atom. The van der Waals surface area contributed by atoms with Gasteiger partial charge in [-0.25, -0.2) is 9.59 Å². The van der Waals surface area contributed by atoms with E-state index >= 15 is 0 Å². The summed E-state index contributed by atoms with van der Waals surface area (Å²) in [6.07, 6.45) is 2.22. The van der Waals surface area contributed by atoms with Gasteiger partial charge in [-0.3, -0.25) is 4.79 Å². The van der Waals surface area contributed by atoms with Crippen LogP contribution in [0, 0.1) is 5.92 Å². The van der Waals surface area contributed by atoms with Crippen LogP contribution in [-0.2, 0) is 14.3 Å². The van der Waals surface area contributed by atoms with Crippen molar-refractivity contribution >= 4 is 29.7 Å². The van der Waals surface area contributed by atoms with Gasteiger partial charge in [0.15, 0.2) is 0 Å². The van der Waals surface area contributed by atoms with E-state index in [0.29, 0.717) is 24.5 Å². The molecule has 0 unspecified atom stereocenters. The summed E-state index contributed by atoms with van der Waals surface area (Å²) in [5.41, 5.74) is 4.74. The van der Waals surface area contributed by atoms with E-state index in [9.17, 15) is 19.5 Å². The number of nitrogens with one attached hydrogen (secondary N) is 1. The molecule has 2 amide bonds. The molecule has 0 radical (unpaired) electrons. The second-order valence-electron chi connectivity index (χ2n) is 9.27. The maximum absolute atomic E-state index is 12.6. The number of benzene rings is 2. The third-order valence-electron chi connectivity index (χ3n) is 7.16. The molecule has 2 N–H and O–H groups in total. The normalized spacial score (nSPS) is 23.4. The molecule has 2 aliphatic carbocycles. The van der Waals surface area contributed by atoms with Gasteiger partial charge in [0, 0.05) is 24.1 Å². The van der Waals surface area contributed by atoms with E-state index < -0.39 is 18.1 Å². The van der Waals surface area contributed by atoms with Crippen molar-refractivity contribution in [1.82, 2.24) is 10.2 Å². The fourth-order valence-electron chi connectivity index (χ4n) is 5.46. The Balaban J connectivity index is 1.12. The van der Waals surface area contributed by atoms with Crippen molar-refractivity contribution in [2.24, 2.45) is 5.92 Å². The summed E-state index contributed by atoms with van der Waals surface area (Å²) in [7, 11) is 0. The Bertz CT molecular complexity index is 1060. The van der Waals surface area contributed by atoms with E-state index in [1.807, 2.05) is 24.3 Å². The number of thioether (sulfide) groups is 1. The van der Waals surface area contributed by atoms with Crippen LogP contribution in [-0.4, -0.2) is 58.3 Å². The number of hydrogen-bond donors (Lipinski definition) is 2. The van der Waals surface area contributed by atoms with Crippen LogP contribution in [0.25, 0.3) is 11.1 Å². The number of carboxylic acids is 1. The van der Waals surface area contributed by atoms with E-state index in [-0.39, 0.29) is 30.4 Å². The van der Waals surface area contributed by atoms with Gasteiger partial charge in [-0.05, 0) is 47.4 Å². The van der Waals surface area contributed by atoms with Gasteiger partial charge < -0.3 is 20.1 Å². The van der Waals surface area contributed by atoms with Gasteiger partial charge in [0.2, 0.25) is 5.91 Å². The molecule has 1 saturated carbocycles. The van der Waals surface area contributed by atoms with Crippen LogP contribution in [0.15, 0.2) is 48.5 Å². The van der Waals surface area contributed by atoms with Crippen LogP contribution in [0.2, 0.25) is 0 Å². The average Bonchev–Trinajstić information content (AvgIpc) is 3.56. The molecule has 8 heteroatoms. The molecule has 3 atom stereocenters. The van der Waals surface area contributed by atoms with E-state index in [1.54, 1.807) is 0 Å². The Morgan fingerprint density at radius 1 is 1.03 bits per heavy atom. The monoisotopic (exact) mass is 480 g/mol. The third kappa shape index (κ3) is 4.51. The molecular weight excluding hydrogens is 452 g/mol. The van der Waals surface area contributed by atoms with Crippen molar-refractivity contribution in [3.8, 4) is 11.1 Å². The number of carbonyl (C=O) groups excluding carboxylic acids is 2. The first-order valence-electron chi connectivity index (χ1n) is 11.7. The lowest BCUT2D eigenvalue weighted by Crippen LogP contribution is -2.42. The first-order valence-corrected chi connectivity index (χ1v) is 12.9. The fourth-order valence-corrected chi connectivity index (χ4v) is 6.63. The zero-order valence-corrected chi connectivity index (χ0v) is 19.6. The molecule has 178 valence electrons. The number of alkyl carbamates (subject to hydrolysis) is 1. The van der Waals surface area contributed by atoms with Crippen LogP contribution >= 0.6 is 11.8 Å². The van der Waals surface area contributed by atoms with Crippen LogP contribution in [0.4, 0.5) is 4.79 Å². The molecule has 1 saturated heterocycles. The van der Waals surface area contributed by atoms with Gasteiger partial charge in [-0.1, -0.05) is 48.5 Å². The Kier molecular flexibility index (Phi) is 6.50. The van der Waals surface area contributed by atoms with Crippen molar-refractivity contribution in [1.29, 1.82) is 0 Å². The standard InChI is InChI=1S/C26H28N2O5S/c29-24(28-15-34-14-23(28)25(30)31)12-16-9-10-17(11-16)27-26(32)33-13-22-20-7-3-1-5-18(20)19-6-2-4-8-21(19)22/h1-8,16-17,22-23H,9-15H2,(H,27,32)(H,30,31)/t16-,17+,23-/m0/s1. The summed E-state index contributed by atoms with van der Waals surface area (Å²) >= 11 is 1.47. The third-order valence-corrected chi connectivity index (χ3v) is 8.17. The minimum Gasteiger partial charge on any atom is -0.480 e. The quantitative estimate of drug-likeness (QED) is 0.647. The summed E-state index contributed by atoms with van der Waals surface area (Å²) in [4.78, 5) is 38.0. The van der Waals surface area contributed by atoms with Crippen molar-refractivity contribution in [2.45, 2.75) is 43.7 Å². The number of amides is 2. The SMILES string of the molecule is O=C(N[C@@H]1CC[C@H](CC(=O)N2CSC[C@H]2C(=O)O)C1)OCC1c2ccccc2-c2ccccc21. The highest BCUT2D eigenvalue weighted by molar-refractivity contribution is 7.99. The summed E-state index contributed by atoms with van der Waals surface area (Å²) < 4.78 is 5.65. The van der Waals surface area contributed by atoms with Gasteiger partial charge in [-0.15, -0.1) is 11.8 Å². The first kappa shape index (κ1) is 22.8. The molecule has 2 fully saturated rings. The summed E-state index contributed by atoms with van der Waals surface area (Å²) in [6, 6.07) is 15.7. The molecule has 5 rings (SSSR count). The second kappa shape index (κ2) is 9.70. The summed E-state index contributed by atoms with van der Waals surface area (Å²) in [5, 5.41) is 12.3. The number of nitrogens with zero attached hydrogens (tertiary/aromatic N) is 1. The largest absolute Gasteiger partial charge is 0.480 e. The van der Waals surface area contributed by atoms with Crippen LogP contribution in [0.3, 0.4) is 0 Å². The van der Waals surface area contributed by atoms with Gasteiger partial charge >= 0.3 is 12.1 Å². The molecule has 34 heavy (non-hydrogen) atoms. The predicted molar refractivity (Wildman–Crippen MR) is 130 cm³/mol. The first-order chi connectivity index (χ1) is 16.5. The van der Waals surface area contributed by atoms with E-state index in [0.717, 1.165) is 12.8 Å². The minimum atomic E-state index is -0.945. The molecule has 2 aromatic rings. The van der Waals surface area contributed by atoms with Crippen LogP contribution in [0.1, 0.15) is 42.7 Å². The highest BCUT2D eigenvalue weighted by Gasteiger charge is 2.37. The average molecular weight is 481 g/mol. The highest BCUT2D eigenvalue weighted by Crippen LogP contribution is 2.44. The van der Waals surface area contributed by atoms with Crippen molar-refractivity contribution < 1.29 is 24.2 Å². The predicted octanol–water partition coefficient (Wildman–Crippen LogP) is 4.07. The molecule has 0 aromatic heterocycles. The Labute approximate surface area is 202 Å². The number of ether oxygens (including phenoxy) is 1. The molecule has 1 aliphatic heterocycles. The summed E-state index contributed by atoms with van der Waals surface area (Å²) in [6.45, 7) is 0.275. The number of carboxylic acid groups (broad SMARTS) is 1. The van der Waals surface area contributed by atoms with Gasteiger partial charge in [0.25, 0.3) is 0 Å². The molecule has 0 bridgehead atoms. The molecule has 1 heterocycles. The van der Waals surface area contributed by atoms with Crippen LogP contribution < -0.4 is 5.32 Å². The lowest BCUT2D eigenvalue weighted by atomic mass is 9.98. The van der Waals surface area contributed by atoms with E-state index in [1.165, 1.54) is 38.9 Å². The molecular formula is C26H28N2O5S. The minimum absolute atomic E-state index is 0.0209. The van der Waals surface area contributed by atoms with Gasteiger partial charge in [-0.2, -0.15) is 0 Å². The smallest absolute Gasteiger partial charge is 0.407 e. The summed E-state index contributed by atoms with van der Waals surface area (Å²) in [5.74, 6) is -0.00965. The lowest BCUT2D eigenvalue weighted by Gasteiger charge is -2.22. The van der Waals surface area contributed by atoms with Crippen molar-refractivity contribution in [2.75, 3.05) is 18.2 Å². The molecule has 7 nitrogen and oxygen atoms in total. The van der Waals surface area contributed by atoms with E-state index in [2.05, 4.69) is 29.6 Å². The molecule has 3 aliphatic rings. The van der Waals surface area contributed by atoms with Gasteiger partial charge in [0.1, 0.15) is 12.6 Å². The number of carbonyl (C=O) groups is 3. The molecule has 2 aromatic carbocycles. The maximum Gasteiger partial charge on any atom is 0.407 e. The highest BCUT2D eigenvalue weighted by atomic mass is 32.2. The van der Waals surface area contributed by atoms with Crippen molar-refractivity contribution in [3.05, 3.63) is 59.7 Å². The van der Waals surface area contributed by atoms with Gasteiger partial charge in [0.05, 0.1) is 5.88 Å². The number of rotatable bonds is 6. The molecule has 0 spiro atoms. The Hall–Kier alpha value is -3.00. The number of hydrogen-bond acceptors (Lipinski definition) is 5.